The summed E-state index contributed by atoms with van der Waals surface area (Å²) in [5.41, 5.74) is 6.92. The van der Waals surface area contributed by atoms with Crippen molar-refractivity contribution in [2.45, 2.75) is 12.4 Å². The normalized spacial score (nSPS) is 22.6. The van der Waals surface area contributed by atoms with Crippen LogP contribution in [0.3, 0.4) is 0 Å². The van der Waals surface area contributed by atoms with E-state index in [1.54, 1.807) is 17.0 Å². The number of halogens is 5. The fourth-order valence-electron chi connectivity index (χ4n) is 4.29. The van der Waals surface area contributed by atoms with Crippen molar-refractivity contribution >= 4 is 35.0 Å². The zero-order valence-electron chi connectivity index (χ0n) is 17.8. The number of amides is 1. The van der Waals surface area contributed by atoms with Gasteiger partial charge in [-0.25, -0.2) is 4.39 Å². The molecule has 2 aliphatic heterocycles. The van der Waals surface area contributed by atoms with E-state index in [1.807, 2.05) is 0 Å². The highest BCUT2D eigenvalue weighted by atomic mass is 35.5. The quantitative estimate of drug-likeness (QED) is 0.358. The average Bonchev–Trinajstić information content (AvgIpc) is 2.75. The van der Waals surface area contributed by atoms with Crippen LogP contribution < -0.4 is 15.8 Å². The number of piperidine rings is 1. The highest BCUT2D eigenvalue weighted by Gasteiger charge is 2.41. The Bertz CT molecular complexity index is 1060. The fraction of sp³-hybridized carbons (Fsp3) is 0.348. The van der Waals surface area contributed by atoms with Crippen LogP contribution in [0.15, 0.2) is 42.5 Å². The number of fused-ring (bicyclic) bond motifs is 2. The summed E-state index contributed by atoms with van der Waals surface area (Å²) in [5, 5.41) is 3.14. The lowest BCUT2D eigenvalue weighted by atomic mass is 9.82. The van der Waals surface area contributed by atoms with Crippen molar-refractivity contribution in [1.82, 2.24) is 4.90 Å². The molecular formula is C23H22ClF4N3O3. The number of nitrogens with zero attached hydrogens (tertiary/aromatic N) is 1. The van der Waals surface area contributed by atoms with Gasteiger partial charge >= 0.3 is 6.36 Å². The van der Waals surface area contributed by atoms with Crippen molar-refractivity contribution in [2.24, 2.45) is 11.8 Å². The Morgan fingerprint density at radius 1 is 1.18 bits per heavy atom. The van der Waals surface area contributed by atoms with Crippen LogP contribution >= 0.6 is 11.6 Å². The molecule has 2 saturated heterocycles. The largest absolute Gasteiger partial charge is 0.573 e. The first-order valence-corrected chi connectivity index (χ1v) is 10.9. The van der Waals surface area contributed by atoms with Crippen LogP contribution in [0.25, 0.3) is 6.08 Å². The van der Waals surface area contributed by atoms with Crippen LogP contribution in [0.2, 0.25) is 5.02 Å². The number of ether oxygens (including phenoxy) is 2. The lowest BCUT2D eigenvalue weighted by Gasteiger charge is -2.47. The molecule has 4 rings (SSSR count). The standard InChI is InChI=1S/C23H22ClF4N3O3/c24-18-8-19(29)13(7-20(18)34-23(26,27)28)1-6-21(32)31-9-14-11-33-12-15(10-31)22(14)30-17-4-2-16(25)3-5-17/h1-8,14-15,22,30H,9-12,29H2/b6-1+/t14-,15+,22?. The maximum absolute atomic E-state index is 13.2. The number of anilines is 2. The highest BCUT2D eigenvalue weighted by molar-refractivity contribution is 6.32. The molecule has 34 heavy (non-hydrogen) atoms. The molecule has 2 aliphatic rings. The zero-order valence-corrected chi connectivity index (χ0v) is 18.6. The molecular weight excluding hydrogens is 478 g/mol. The Morgan fingerprint density at radius 2 is 1.82 bits per heavy atom. The summed E-state index contributed by atoms with van der Waals surface area (Å²) in [6, 6.07) is 8.33. The van der Waals surface area contributed by atoms with Crippen LogP contribution in [-0.4, -0.2) is 49.5 Å². The second-order valence-corrected chi connectivity index (χ2v) is 8.68. The third-order valence-electron chi connectivity index (χ3n) is 5.85. The monoisotopic (exact) mass is 499 g/mol. The third kappa shape index (κ3) is 5.74. The Labute approximate surface area is 198 Å². The molecule has 11 heteroatoms. The number of nitrogen functional groups attached to an aromatic ring is 1. The van der Waals surface area contributed by atoms with E-state index in [4.69, 9.17) is 22.1 Å². The number of benzene rings is 2. The molecule has 2 fully saturated rings. The number of hydrogen-bond donors (Lipinski definition) is 2. The van der Waals surface area contributed by atoms with Gasteiger partial charge in [-0.1, -0.05) is 11.6 Å². The Morgan fingerprint density at radius 3 is 2.44 bits per heavy atom. The highest BCUT2D eigenvalue weighted by Crippen LogP contribution is 2.35. The van der Waals surface area contributed by atoms with Crippen LogP contribution in [0.1, 0.15) is 5.56 Å². The molecule has 2 aromatic carbocycles. The van der Waals surface area contributed by atoms with Crippen molar-refractivity contribution in [2.75, 3.05) is 37.4 Å². The van der Waals surface area contributed by atoms with Gasteiger partial charge in [0.05, 0.1) is 18.2 Å². The number of carbonyl (C=O) groups is 1. The van der Waals surface area contributed by atoms with E-state index in [0.717, 1.165) is 17.8 Å². The molecule has 0 radical (unpaired) electrons. The minimum atomic E-state index is -4.91. The molecule has 1 amide bonds. The van der Waals surface area contributed by atoms with E-state index in [-0.39, 0.29) is 45.9 Å². The molecule has 2 aromatic rings. The summed E-state index contributed by atoms with van der Waals surface area (Å²) >= 11 is 5.79. The van der Waals surface area contributed by atoms with E-state index in [1.165, 1.54) is 24.3 Å². The predicted molar refractivity (Wildman–Crippen MR) is 120 cm³/mol. The van der Waals surface area contributed by atoms with Crippen LogP contribution in [-0.2, 0) is 9.53 Å². The van der Waals surface area contributed by atoms with Gasteiger partial charge in [-0.05, 0) is 42.5 Å². The number of alkyl halides is 3. The molecule has 3 atom stereocenters. The third-order valence-corrected chi connectivity index (χ3v) is 6.14. The predicted octanol–water partition coefficient (Wildman–Crippen LogP) is 4.56. The number of rotatable bonds is 5. The van der Waals surface area contributed by atoms with Gasteiger partial charge in [-0.3, -0.25) is 4.79 Å². The first kappa shape index (κ1) is 24.2. The summed E-state index contributed by atoms with van der Waals surface area (Å²) in [4.78, 5) is 14.5. The molecule has 2 heterocycles. The summed E-state index contributed by atoms with van der Waals surface area (Å²) in [5.74, 6) is -1.19. The lowest BCUT2D eigenvalue weighted by Crippen LogP contribution is -2.59. The summed E-state index contributed by atoms with van der Waals surface area (Å²) < 4.78 is 60.5. The second kappa shape index (κ2) is 9.71. The molecule has 182 valence electrons. The van der Waals surface area contributed by atoms with E-state index in [2.05, 4.69) is 10.1 Å². The van der Waals surface area contributed by atoms with Crippen LogP contribution in [0, 0.1) is 17.7 Å². The zero-order chi connectivity index (χ0) is 24.5. The molecule has 6 nitrogen and oxygen atoms in total. The fourth-order valence-corrected chi connectivity index (χ4v) is 4.50. The van der Waals surface area contributed by atoms with Crippen LogP contribution in [0.5, 0.6) is 5.75 Å². The average molecular weight is 500 g/mol. The Hall–Kier alpha value is -2.98. The van der Waals surface area contributed by atoms with Crippen molar-refractivity contribution < 1.29 is 31.8 Å². The molecule has 0 aliphatic carbocycles. The van der Waals surface area contributed by atoms with Crippen molar-refractivity contribution in [3.63, 3.8) is 0 Å². The van der Waals surface area contributed by atoms with E-state index < -0.39 is 12.1 Å². The van der Waals surface area contributed by atoms with Gasteiger partial charge < -0.3 is 25.4 Å². The molecule has 3 N–H and O–H groups in total. The first-order valence-electron chi connectivity index (χ1n) is 10.5. The topological polar surface area (TPSA) is 76.8 Å². The van der Waals surface area contributed by atoms with Gasteiger partial charge in [0, 0.05) is 54.0 Å². The number of carbonyl (C=O) groups excluding carboxylic acids is 1. The van der Waals surface area contributed by atoms with Crippen molar-refractivity contribution in [3.8, 4) is 5.75 Å². The number of nitrogens with one attached hydrogen (secondary N) is 1. The maximum Gasteiger partial charge on any atom is 0.573 e. The van der Waals surface area contributed by atoms with Gasteiger partial charge in [0.25, 0.3) is 0 Å². The van der Waals surface area contributed by atoms with Crippen molar-refractivity contribution in [1.29, 1.82) is 0 Å². The summed E-state index contributed by atoms with van der Waals surface area (Å²) in [6.45, 7) is 1.78. The second-order valence-electron chi connectivity index (χ2n) is 8.27. The van der Waals surface area contributed by atoms with Gasteiger partial charge in [-0.2, -0.15) is 0 Å². The molecule has 0 spiro atoms. The maximum atomic E-state index is 13.2. The minimum absolute atomic E-state index is 0.0160. The van der Waals surface area contributed by atoms with E-state index in [9.17, 15) is 22.4 Å². The van der Waals surface area contributed by atoms with Crippen LogP contribution in [0.4, 0.5) is 28.9 Å². The molecule has 0 aromatic heterocycles. The number of likely N-dealkylation sites (tertiary alicyclic amines) is 1. The lowest BCUT2D eigenvalue weighted by molar-refractivity contribution is -0.274. The van der Waals surface area contributed by atoms with Gasteiger partial charge in [0.1, 0.15) is 11.6 Å². The molecule has 2 bridgehead atoms. The Kier molecular flexibility index (Phi) is 6.90. The minimum Gasteiger partial charge on any atom is -0.404 e. The smallest absolute Gasteiger partial charge is 0.404 e. The van der Waals surface area contributed by atoms with E-state index >= 15 is 0 Å². The Balaban J connectivity index is 1.44. The summed E-state index contributed by atoms with van der Waals surface area (Å²) in [7, 11) is 0. The number of nitrogens with two attached hydrogens (primary N) is 1. The summed E-state index contributed by atoms with van der Waals surface area (Å²) in [6.07, 6.45) is -2.31. The van der Waals surface area contributed by atoms with Crippen molar-refractivity contribution in [3.05, 3.63) is 58.9 Å². The van der Waals surface area contributed by atoms with Gasteiger partial charge in [-0.15, -0.1) is 13.2 Å². The first-order chi connectivity index (χ1) is 16.1. The van der Waals surface area contributed by atoms with Gasteiger partial charge in [0.2, 0.25) is 5.91 Å². The SMILES string of the molecule is Nc1cc(Cl)c(OC(F)(F)F)cc1/C=C/C(=O)N1C[C@H]2COC[C@@H](C1)C2Nc1ccc(F)cc1. The molecule has 0 saturated carbocycles. The van der Waals surface area contributed by atoms with Gasteiger partial charge in [0.15, 0.2) is 0 Å². The molecule has 1 unspecified atom stereocenters. The number of hydrogen-bond acceptors (Lipinski definition) is 5. The van der Waals surface area contributed by atoms with E-state index in [0.29, 0.717) is 26.3 Å².